The highest BCUT2D eigenvalue weighted by Gasteiger charge is 2.44. The predicted octanol–water partition coefficient (Wildman–Crippen LogP) is 2.17. The van der Waals surface area contributed by atoms with E-state index in [1.807, 2.05) is 6.07 Å². The van der Waals surface area contributed by atoms with Crippen LogP contribution in [0.15, 0.2) is 12.1 Å². The van der Waals surface area contributed by atoms with Crippen LogP contribution in [0.25, 0.3) is 0 Å². The Labute approximate surface area is 89.9 Å². The molecule has 0 aromatic heterocycles. The molecule has 80 valence electrons. The molecule has 3 rings (SSSR count). The highest BCUT2D eigenvalue weighted by atomic mass is 16.5. The number of aliphatic hydroxyl groups is 1. The van der Waals surface area contributed by atoms with Crippen LogP contribution in [0, 0.1) is 0 Å². The topological polar surface area (TPSA) is 29.5 Å². The van der Waals surface area contributed by atoms with E-state index >= 15 is 0 Å². The molecule has 0 saturated heterocycles. The van der Waals surface area contributed by atoms with Gasteiger partial charge in [0.1, 0.15) is 5.75 Å². The summed E-state index contributed by atoms with van der Waals surface area (Å²) in [5.74, 6) is 0.996. The molecule has 1 fully saturated rings. The van der Waals surface area contributed by atoms with Crippen LogP contribution < -0.4 is 4.74 Å². The number of benzene rings is 1. The molecule has 2 aliphatic carbocycles. The summed E-state index contributed by atoms with van der Waals surface area (Å²) < 4.78 is 5.36. The van der Waals surface area contributed by atoms with E-state index in [9.17, 15) is 5.11 Å². The van der Waals surface area contributed by atoms with Crippen molar-refractivity contribution in [3.8, 4) is 5.75 Å². The fourth-order valence-corrected chi connectivity index (χ4v) is 2.69. The molecule has 2 aliphatic rings. The van der Waals surface area contributed by atoms with Gasteiger partial charge in [-0.1, -0.05) is 6.07 Å². The number of hydrogen-bond acceptors (Lipinski definition) is 2. The second kappa shape index (κ2) is 2.99. The van der Waals surface area contributed by atoms with Crippen molar-refractivity contribution in [3.63, 3.8) is 0 Å². The zero-order valence-corrected chi connectivity index (χ0v) is 9.05. The molecular formula is C13H16O2. The van der Waals surface area contributed by atoms with Crippen molar-refractivity contribution in [2.45, 2.75) is 37.7 Å². The molecule has 2 heteroatoms. The number of rotatable bonds is 2. The van der Waals surface area contributed by atoms with Gasteiger partial charge in [-0.3, -0.25) is 0 Å². The van der Waals surface area contributed by atoms with Gasteiger partial charge in [0.2, 0.25) is 0 Å². The van der Waals surface area contributed by atoms with E-state index in [-0.39, 0.29) is 0 Å². The average Bonchev–Trinajstić information content (AvgIpc) is 2.82. The normalized spacial score (nSPS) is 21.2. The Balaban J connectivity index is 2.14. The third kappa shape index (κ3) is 1.28. The van der Waals surface area contributed by atoms with Crippen LogP contribution in [0.3, 0.4) is 0 Å². The Morgan fingerprint density at radius 3 is 2.60 bits per heavy atom. The Kier molecular flexibility index (Phi) is 1.84. The molecular weight excluding hydrogens is 188 g/mol. The van der Waals surface area contributed by atoms with E-state index in [0.717, 1.165) is 37.0 Å². The first kappa shape index (κ1) is 9.22. The Hall–Kier alpha value is -1.02. The molecule has 1 N–H and O–H groups in total. The maximum atomic E-state index is 10.2. The van der Waals surface area contributed by atoms with Gasteiger partial charge in [0.25, 0.3) is 0 Å². The van der Waals surface area contributed by atoms with Gasteiger partial charge >= 0.3 is 0 Å². The van der Waals surface area contributed by atoms with Gasteiger partial charge in [-0.2, -0.15) is 0 Å². The molecule has 1 saturated carbocycles. The Morgan fingerprint density at radius 2 is 1.93 bits per heavy atom. The summed E-state index contributed by atoms with van der Waals surface area (Å²) in [6.45, 7) is 0. The molecule has 0 bridgehead atoms. The molecule has 0 spiro atoms. The zero-order valence-electron chi connectivity index (χ0n) is 9.05. The standard InChI is InChI=1S/C13H16O2/c1-15-12-6-5-11(13(14)7-8-13)9-3-2-4-10(9)12/h5-6,14H,2-4,7-8H2,1H3. The summed E-state index contributed by atoms with van der Waals surface area (Å²) in [5, 5.41) is 10.2. The van der Waals surface area contributed by atoms with E-state index in [0.29, 0.717) is 0 Å². The minimum Gasteiger partial charge on any atom is -0.496 e. The van der Waals surface area contributed by atoms with Gasteiger partial charge in [0.05, 0.1) is 12.7 Å². The molecule has 0 radical (unpaired) electrons. The molecule has 0 heterocycles. The SMILES string of the molecule is COc1ccc(C2(O)CC2)c2c1CCC2. The quantitative estimate of drug-likeness (QED) is 0.800. The van der Waals surface area contributed by atoms with Crippen LogP contribution >= 0.6 is 0 Å². The van der Waals surface area contributed by atoms with Crippen LogP contribution in [0.1, 0.15) is 36.0 Å². The van der Waals surface area contributed by atoms with Crippen LogP contribution in [0.5, 0.6) is 5.75 Å². The molecule has 1 aromatic rings. The first-order valence-corrected chi connectivity index (χ1v) is 5.66. The summed E-state index contributed by atoms with van der Waals surface area (Å²) in [7, 11) is 1.72. The van der Waals surface area contributed by atoms with Crippen molar-refractivity contribution in [3.05, 3.63) is 28.8 Å². The van der Waals surface area contributed by atoms with E-state index in [2.05, 4.69) is 6.07 Å². The minimum absolute atomic E-state index is 0.499. The van der Waals surface area contributed by atoms with Crippen LogP contribution in [-0.2, 0) is 18.4 Å². The lowest BCUT2D eigenvalue weighted by atomic mass is 9.97. The lowest BCUT2D eigenvalue weighted by molar-refractivity contribution is 0.150. The van der Waals surface area contributed by atoms with Crippen molar-refractivity contribution >= 4 is 0 Å². The molecule has 0 unspecified atom stereocenters. The molecule has 15 heavy (non-hydrogen) atoms. The summed E-state index contributed by atoms with van der Waals surface area (Å²) in [5.41, 5.74) is 3.35. The van der Waals surface area contributed by atoms with Crippen molar-refractivity contribution in [2.75, 3.05) is 7.11 Å². The molecule has 1 aromatic carbocycles. The largest absolute Gasteiger partial charge is 0.496 e. The van der Waals surface area contributed by atoms with Crippen molar-refractivity contribution in [2.24, 2.45) is 0 Å². The molecule has 0 atom stereocenters. The molecule has 0 aliphatic heterocycles. The van der Waals surface area contributed by atoms with Gasteiger partial charge in [0.15, 0.2) is 0 Å². The maximum Gasteiger partial charge on any atom is 0.122 e. The van der Waals surface area contributed by atoms with E-state index < -0.39 is 5.60 Å². The predicted molar refractivity (Wildman–Crippen MR) is 58.1 cm³/mol. The number of hydrogen-bond donors (Lipinski definition) is 1. The monoisotopic (exact) mass is 204 g/mol. The average molecular weight is 204 g/mol. The Bertz CT molecular complexity index is 405. The highest BCUT2D eigenvalue weighted by Crippen LogP contribution is 2.49. The fraction of sp³-hybridized carbons (Fsp3) is 0.538. The number of methoxy groups -OCH3 is 1. The lowest BCUT2D eigenvalue weighted by Gasteiger charge is -2.15. The van der Waals surface area contributed by atoms with Crippen molar-refractivity contribution in [1.82, 2.24) is 0 Å². The first-order valence-electron chi connectivity index (χ1n) is 5.66. The first-order chi connectivity index (χ1) is 7.24. The third-order valence-electron chi connectivity index (χ3n) is 3.69. The minimum atomic E-state index is -0.499. The van der Waals surface area contributed by atoms with Gasteiger partial charge < -0.3 is 9.84 Å². The lowest BCUT2D eigenvalue weighted by Crippen LogP contribution is -2.08. The van der Waals surface area contributed by atoms with Crippen molar-refractivity contribution < 1.29 is 9.84 Å². The highest BCUT2D eigenvalue weighted by molar-refractivity contribution is 5.50. The number of fused-ring (bicyclic) bond motifs is 1. The summed E-state index contributed by atoms with van der Waals surface area (Å²) in [6, 6.07) is 4.06. The fourth-order valence-electron chi connectivity index (χ4n) is 2.69. The maximum absolute atomic E-state index is 10.2. The number of ether oxygens (including phenoxy) is 1. The summed E-state index contributed by atoms with van der Waals surface area (Å²) in [4.78, 5) is 0. The second-order valence-corrected chi connectivity index (χ2v) is 4.66. The van der Waals surface area contributed by atoms with Gasteiger partial charge in [0, 0.05) is 0 Å². The molecule has 2 nitrogen and oxygen atoms in total. The van der Waals surface area contributed by atoms with Gasteiger partial charge in [-0.05, 0) is 54.9 Å². The molecule has 0 amide bonds. The summed E-state index contributed by atoms with van der Waals surface area (Å²) >= 11 is 0. The van der Waals surface area contributed by atoms with Crippen LogP contribution in [-0.4, -0.2) is 12.2 Å². The zero-order chi connectivity index (χ0) is 10.5. The van der Waals surface area contributed by atoms with Crippen LogP contribution in [0.4, 0.5) is 0 Å². The van der Waals surface area contributed by atoms with Gasteiger partial charge in [-0.15, -0.1) is 0 Å². The van der Waals surface area contributed by atoms with Crippen molar-refractivity contribution in [1.29, 1.82) is 0 Å². The van der Waals surface area contributed by atoms with Crippen LogP contribution in [0.2, 0.25) is 0 Å². The van der Waals surface area contributed by atoms with E-state index in [4.69, 9.17) is 4.74 Å². The third-order valence-corrected chi connectivity index (χ3v) is 3.69. The van der Waals surface area contributed by atoms with E-state index in [1.165, 1.54) is 17.5 Å². The smallest absolute Gasteiger partial charge is 0.122 e. The Morgan fingerprint density at radius 1 is 1.20 bits per heavy atom. The summed E-state index contributed by atoms with van der Waals surface area (Å²) in [6.07, 6.45) is 5.24. The van der Waals surface area contributed by atoms with Gasteiger partial charge in [-0.25, -0.2) is 0 Å². The second-order valence-electron chi connectivity index (χ2n) is 4.66. The van der Waals surface area contributed by atoms with E-state index in [1.54, 1.807) is 7.11 Å².